The summed E-state index contributed by atoms with van der Waals surface area (Å²) in [6.07, 6.45) is -10.0. The van der Waals surface area contributed by atoms with Gasteiger partial charge in [0, 0.05) is 12.6 Å². The van der Waals surface area contributed by atoms with Crippen LogP contribution in [0.25, 0.3) is 11.3 Å². The van der Waals surface area contributed by atoms with Crippen LogP contribution in [0.5, 0.6) is 0 Å². The van der Waals surface area contributed by atoms with Gasteiger partial charge in [-0.05, 0) is 12.1 Å². The SMILES string of the molecule is Cn1nc(-c2cc(NC(=O)C(F)(F)F)c(Cl)cc2Cl)c(Cl)c1C(F)(F)F. The minimum absolute atomic E-state index is 0.228. The molecular formula is C13H6Cl3F6N3O. The Hall–Kier alpha value is -1.65. The minimum atomic E-state index is -5.20. The molecule has 0 unspecified atom stereocenters. The third-order valence-electron chi connectivity index (χ3n) is 3.08. The Morgan fingerprint density at radius 3 is 2.12 bits per heavy atom. The number of nitrogens with one attached hydrogen (secondary N) is 1. The summed E-state index contributed by atoms with van der Waals surface area (Å²) in [5, 5.41) is 3.72. The van der Waals surface area contributed by atoms with Crippen molar-refractivity contribution in [1.29, 1.82) is 0 Å². The van der Waals surface area contributed by atoms with Crippen LogP contribution >= 0.6 is 34.8 Å². The highest BCUT2D eigenvalue weighted by Gasteiger charge is 2.40. The predicted molar refractivity (Wildman–Crippen MR) is 83.4 cm³/mol. The zero-order valence-electron chi connectivity index (χ0n) is 12.4. The van der Waals surface area contributed by atoms with E-state index in [0.717, 1.165) is 19.2 Å². The second kappa shape index (κ2) is 6.82. The average molecular weight is 441 g/mol. The molecule has 142 valence electrons. The normalized spacial score (nSPS) is 12.4. The van der Waals surface area contributed by atoms with Crippen LogP contribution in [0.3, 0.4) is 0 Å². The van der Waals surface area contributed by atoms with Gasteiger partial charge in [-0.1, -0.05) is 34.8 Å². The minimum Gasteiger partial charge on any atom is -0.317 e. The topological polar surface area (TPSA) is 46.9 Å². The molecule has 2 aromatic rings. The molecule has 1 amide bonds. The van der Waals surface area contributed by atoms with Crippen molar-refractivity contribution in [2.24, 2.45) is 7.05 Å². The number of aromatic nitrogens is 2. The number of benzene rings is 1. The zero-order chi connectivity index (χ0) is 20.0. The van der Waals surface area contributed by atoms with Gasteiger partial charge < -0.3 is 5.32 Å². The van der Waals surface area contributed by atoms with Crippen molar-refractivity contribution in [2.75, 3.05) is 5.32 Å². The smallest absolute Gasteiger partial charge is 0.317 e. The predicted octanol–water partition coefficient (Wildman–Crippen LogP) is 5.57. The summed E-state index contributed by atoms with van der Waals surface area (Å²) in [6.45, 7) is 0. The number of rotatable bonds is 2. The van der Waals surface area contributed by atoms with Gasteiger partial charge in [-0.25, -0.2) is 0 Å². The van der Waals surface area contributed by atoms with Crippen LogP contribution in [-0.4, -0.2) is 21.9 Å². The first-order chi connectivity index (χ1) is 11.7. The van der Waals surface area contributed by atoms with Gasteiger partial charge in [-0.3, -0.25) is 9.48 Å². The number of anilines is 1. The van der Waals surface area contributed by atoms with Gasteiger partial charge in [0.2, 0.25) is 0 Å². The van der Waals surface area contributed by atoms with E-state index in [1.807, 2.05) is 0 Å². The van der Waals surface area contributed by atoms with Gasteiger partial charge in [0.25, 0.3) is 0 Å². The molecular weight excluding hydrogens is 435 g/mol. The number of aryl methyl sites for hydroxylation is 1. The summed E-state index contributed by atoms with van der Waals surface area (Å²) in [5.41, 5.74) is -2.49. The summed E-state index contributed by atoms with van der Waals surface area (Å²) >= 11 is 17.4. The monoisotopic (exact) mass is 439 g/mol. The fourth-order valence-electron chi connectivity index (χ4n) is 2.00. The van der Waals surface area contributed by atoms with Crippen LogP contribution in [0.15, 0.2) is 12.1 Å². The number of nitrogens with zero attached hydrogens (tertiary/aromatic N) is 2. The third-order valence-corrected chi connectivity index (χ3v) is 4.06. The Morgan fingerprint density at radius 2 is 1.65 bits per heavy atom. The fourth-order valence-corrected chi connectivity index (χ4v) is 2.89. The van der Waals surface area contributed by atoms with Crippen LogP contribution in [0, 0.1) is 0 Å². The van der Waals surface area contributed by atoms with Crippen LogP contribution in [0.1, 0.15) is 5.69 Å². The number of amides is 1. The lowest BCUT2D eigenvalue weighted by molar-refractivity contribution is -0.167. The molecule has 1 N–H and O–H groups in total. The lowest BCUT2D eigenvalue weighted by Gasteiger charge is -2.12. The Labute approximate surface area is 156 Å². The van der Waals surface area contributed by atoms with Crippen molar-refractivity contribution in [3.8, 4) is 11.3 Å². The number of halogens is 9. The lowest BCUT2D eigenvalue weighted by atomic mass is 10.1. The molecule has 0 bridgehead atoms. The van der Waals surface area contributed by atoms with Crippen LogP contribution < -0.4 is 5.32 Å². The van der Waals surface area contributed by atoms with E-state index in [9.17, 15) is 31.1 Å². The molecule has 13 heteroatoms. The van der Waals surface area contributed by atoms with Gasteiger partial charge in [-0.15, -0.1) is 0 Å². The van der Waals surface area contributed by atoms with E-state index in [-0.39, 0.29) is 15.6 Å². The second-order valence-corrected chi connectivity index (χ2v) is 6.09. The van der Waals surface area contributed by atoms with E-state index in [1.165, 1.54) is 5.32 Å². The first kappa shape index (κ1) is 20.7. The summed E-state index contributed by atoms with van der Waals surface area (Å²) in [7, 11) is 0.981. The molecule has 0 saturated heterocycles. The number of alkyl halides is 6. The maximum atomic E-state index is 13.0. The van der Waals surface area contributed by atoms with E-state index < -0.39 is 40.4 Å². The Morgan fingerprint density at radius 1 is 1.08 bits per heavy atom. The van der Waals surface area contributed by atoms with Gasteiger partial charge in [0.1, 0.15) is 5.69 Å². The van der Waals surface area contributed by atoms with E-state index in [0.29, 0.717) is 4.68 Å². The molecule has 0 aliphatic rings. The van der Waals surface area contributed by atoms with Crippen molar-refractivity contribution in [3.63, 3.8) is 0 Å². The molecule has 1 heterocycles. The number of hydrogen-bond donors (Lipinski definition) is 1. The summed E-state index contributed by atoms with van der Waals surface area (Å²) in [5.74, 6) is -2.32. The van der Waals surface area contributed by atoms with Gasteiger partial charge >= 0.3 is 18.3 Å². The van der Waals surface area contributed by atoms with Crippen molar-refractivity contribution < 1.29 is 31.1 Å². The largest absolute Gasteiger partial charge is 0.471 e. The van der Waals surface area contributed by atoms with E-state index in [2.05, 4.69) is 5.10 Å². The molecule has 0 fully saturated rings. The van der Waals surface area contributed by atoms with E-state index in [4.69, 9.17) is 34.8 Å². The molecule has 0 atom stereocenters. The third kappa shape index (κ3) is 4.02. The molecule has 2 rings (SSSR count). The molecule has 0 aliphatic heterocycles. The van der Waals surface area contributed by atoms with Gasteiger partial charge in [0.15, 0.2) is 5.69 Å². The van der Waals surface area contributed by atoms with E-state index in [1.54, 1.807) is 0 Å². The highest BCUT2D eigenvalue weighted by molar-refractivity contribution is 6.39. The van der Waals surface area contributed by atoms with Crippen LogP contribution in [0.2, 0.25) is 15.1 Å². The Kier molecular flexibility index (Phi) is 5.42. The summed E-state index contributed by atoms with van der Waals surface area (Å²) in [4.78, 5) is 11.1. The fraction of sp³-hybridized carbons (Fsp3) is 0.231. The Balaban J connectivity index is 2.59. The first-order valence-corrected chi connectivity index (χ1v) is 7.54. The molecule has 1 aromatic heterocycles. The quantitative estimate of drug-likeness (QED) is 0.621. The Bertz CT molecular complexity index is 875. The van der Waals surface area contributed by atoms with Gasteiger partial charge in [-0.2, -0.15) is 31.4 Å². The maximum Gasteiger partial charge on any atom is 0.471 e. The number of hydrogen-bond acceptors (Lipinski definition) is 2. The van der Waals surface area contributed by atoms with Crippen molar-refractivity contribution in [1.82, 2.24) is 9.78 Å². The molecule has 0 spiro atoms. The summed E-state index contributed by atoms with van der Waals surface area (Å²) in [6, 6.07) is 1.80. The van der Waals surface area contributed by atoms with E-state index >= 15 is 0 Å². The van der Waals surface area contributed by atoms with Crippen molar-refractivity contribution in [3.05, 3.63) is 32.9 Å². The van der Waals surface area contributed by atoms with Crippen LogP contribution in [-0.2, 0) is 18.0 Å². The number of carbonyl (C=O) groups excluding carboxylic acids is 1. The lowest BCUT2D eigenvalue weighted by Crippen LogP contribution is -2.30. The van der Waals surface area contributed by atoms with Gasteiger partial charge in [0.05, 0.1) is 20.8 Å². The highest BCUT2D eigenvalue weighted by Crippen LogP contribution is 2.43. The molecule has 0 aliphatic carbocycles. The van der Waals surface area contributed by atoms with Crippen molar-refractivity contribution in [2.45, 2.75) is 12.4 Å². The number of carbonyl (C=O) groups is 1. The molecule has 0 saturated carbocycles. The first-order valence-electron chi connectivity index (χ1n) is 6.40. The summed E-state index contributed by atoms with van der Waals surface area (Å²) < 4.78 is 76.6. The zero-order valence-corrected chi connectivity index (χ0v) is 14.6. The molecule has 0 radical (unpaired) electrons. The molecule has 4 nitrogen and oxygen atoms in total. The molecule has 26 heavy (non-hydrogen) atoms. The van der Waals surface area contributed by atoms with Crippen molar-refractivity contribution >= 4 is 46.4 Å². The maximum absolute atomic E-state index is 13.0. The highest BCUT2D eigenvalue weighted by atomic mass is 35.5. The average Bonchev–Trinajstić information content (AvgIpc) is 2.75. The second-order valence-electron chi connectivity index (χ2n) is 4.90. The standard InChI is InChI=1S/C13H6Cl3F6N3O/c1-25-10(12(17,18)19)8(16)9(24-25)4-2-7(6(15)3-5(4)14)23-11(26)13(20,21)22/h2-3H,1H3,(H,23,26). The molecule has 1 aromatic carbocycles. The van der Waals surface area contributed by atoms with Crippen LogP contribution in [0.4, 0.5) is 32.0 Å².